The van der Waals surface area contributed by atoms with Gasteiger partial charge in [-0.2, -0.15) is 0 Å². The van der Waals surface area contributed by atoms with Gasteiger partial charge in [-0.15, -0.1) is 0 Å². The Morgan fingerprint density at radius 1 is 0.450 bits per heavy atom. The molecular weight excluding hydrogens is 743 g/mol. The van der Waals surface area contributed by atoms with Crippen LogP contribution in [0.5, 0.6) is 0 Å². The molecule has 0 aromatic rings. The molecule has 1 amide bonds. The molecule has 0 spiro atoms. The van der Waals surface area contributed by atoms with E-state index in [9.17, 15) is 19.8 Å². The highest BCUT2D eigenvalue weighted by atomic mass is 16.5. The maximum atomic E-state index is 12.4. The van der Waals surface area contributed by atoms with E-state index >= 15 is 0 Å². The number of unbranched alkanes of at least 4 members (excludes halogenated alkanes) is 39. The van der Waals surface area contributed by atoms with Crippen LogP contribution in [0.3, 0.4) is 0 Å². The van der Waals surface area contributed by atoms with Crippen molar-refractivity contribution in [2.75, 3.05) is 13.2 Å². The van der Waals surface area contributed by atoms with Crippen molar-refractivity contribution in [2.45, 2.75) is 309 Å². The zero-order chi connectivity index (χ0) is 43.7. The van der Waals surface area contributed by atoms with Crippen LogP contribution in [-0.4, -0.2) is 47.4 Å². The minimum atomic E-state index is -0.850. The number of carbonyl (C=O) groups is 2. The molecule has 6 nitrogen and oxygen atoms in total. The Bertz CT molecular complexity index is 893. The topological polar surface area (TPSA) is 95.9 Å². The average molecular weight is 848 g/mol. The van der Waals surface area contributed by atoms with Crippen molar-refractivity contribution in [3.63, 3.8) is 0 Å². The summed E-state index contributed by atoms with van der Waals surface area (Å²) in [5, 5.41) is 23.1. The fourth-order valence-corrected chi connectivity index (χ4v) is 8.40. The SMILES string of the molecule is CCCCCCCCCCCCCCCCCC/C=C/C(O)C(CO)NC(=O)CCCCCCCCCCCCCCCCOC(=O)CCCCCCCCCCCCC. The molecule has 0 bridgehead atoms. The fourth-order valence-electron chi connectivity index (χ4n) is 8.40. The van der Waals surface area contributed by atoms with E-state index in [1.807, 2.05) is 6.08 Å². The molecule has 0 saturated carbocycles. The summed E-state index contributed by atoms with van der Waals surface area (Å²) in [6, 6.07) is -0.634. The Morgan fingerprint density at radius 3 is 1.13 bits per heavy atom. The standard InChI is InChI=1S/C54H105NO5/c1-3-5-7-9-11-13-15-16-17-18-19-20-23-27-30-34-38-42-46-52(57)51(50-56)55-53(58)47-43-39-35-31-28-24-21-22-25-29-33-37-41-45-49-60-54(59)48-44-40-36-32-26-14-12-10-8-6-4-2/h42,46,51-52,56-57H,3-41,43-45,47-50H2,1-2H3,(H,55,58)/b46-42+. The summed E-state index contributed by atoms with van der Waals surface area (Å²) in [7, 11) is 0. The number of rotatable bonds is 50. The lowest BCUT2D eigenvalue weighted by Crippen LogP contribution is -2.45. The van der Waals surface area contributed by atoms with Crippen molar-refractivity contribution >= 4 is 11.9 Å². The van der Waals surface area contributed by atoms with Crippen molar-refractivity contribution in [3.8, 4) is 0 Å². The van der Waals surface area contributed by atoms with Gasteiger partial charge in [0.1, 0.15) is 0 Å². The third-order valence-electron chi connectivity index (χ3n) is 12.6. The summed E-state index contributed by atoms with van der Waals surface area (Å²) >= 11 is 0. The first-order valence-electron chi connectivity index (χ1n) is 27.0. The van der Waals surface area contributed by atoms with Crippen molar-refractivity contribution in [3.05, 3.63) is 12.2 Å². The van der Waals surface area contributed by atoms with Gasteiger partial charge in [-0.1, -0.05) is 264 Å². The minimum absolute atomic E-state index is 0.00336. The monoisotopic (exact) mass is 848 g/mol. The zero-order valence-electron chi connectivity index (χ0n) is 40.5. The number of amides is 1. The van der Waals surface area contributed by atoms with Crippen molar-refractivity contribution in [1.29, 1.82) is 0 Å². The van der Waals surface area contributed by atoms with Crippen LogP contribution >= 0.6 is 0 Å². The molecule has 0 rings (SSSR count). The number of aliphatic hydroxyl groups is 2. The maximum Gasteiger partial charge on any atom is 0.305 e. The van der Waals surface area contributed by atoms with Crippen LogP contribution in [0.15, 0.2) is 12.2 Å². The minimum Gasteiger partial charge on any atom is -0.466 e. The number of ether oxygens (including phenoxy) is 1. The van der Waals surface area contributed by atoms with E-state index < -0.39 is 12.1 Å². The molecule has 3 N–H and O–H groups in total. The Labute approximate surface area is 374 Å². The molecule has 2 atom stereocenters. The van der Waals surface area contributed by atoms with E-state index in [0.717, 1.165) is 57.8 Å². The third-order valence-corrected chi connectivity index (χ3v) is 12.6. The van der Waals surface area contributed by atoms with Crippen LogP contribution in [0.4, 0.5) is 0 Å². The molecule has 0 radical (unpaired) electrons. The molecule has 0 saturated heterocycles. The Hall–Kier alpha value is -1.40. The molecule has 0 fully saturated rings. The molecule has 60 heavy (non-hydrogen) atoms. The predicted octanol–water partition coefficient (Wildman–Crippen LogP) is 16.1. The number of allylic oxidation sites excluding steroid dienone is 1. The summed E-state index contributed by atoms with van der Waals surface area (Å²) < 4.78 is 5.45. The van der Waals surface area contributed by atoms with Crippen molar-refractivity contribution < 1.29 is 24.5 Å². The highest BCUT2D eigenvalue weighted by Gasteiger charge is 2.18. The lowest BCUT2D eigenvalue weighted by Gasteiger charge is -2.20. The van der Waals surface area contributed by atoms with Crippen LogP contribution in [0, 0.1) is 0 Å². The van der Waals surface area contributed by atoms with Gasteiger partial charge in [-0.25, -0.2) is 0 Å². The number of aliphatic hydroxyl groups excluding tert-OH is 2. The van der Waals surface area contributed by atoms with Gasteiger partial charge in [0.25, 0.3) is 0 Å². The summed E-state index contributed by atoms with van der Waals surface area (Å²) in [4.78, 5) is 24.4. The van der Waals surface area contributed by atoms with E-state index in [1.54, 1.807) is 6.08 Å². The summed E-state index contributed by atoms with van der Waals surface area (Å²) in [6.07, 6.45) is 57.8. The number of carbonyl (C=O) groups excluding carboxylic acids is 2. The molecule has 356 valence electrons. The Balaban J connectivity index is 3.48. The highest BCUT2D eigenvalue weighted by Crippen LogP contribution is 2.17. The fraction of sp³-hybridized carbons (Fsp3) is 0.926. The molecule has 0 aromatic heterocycles. The summed E-state index contributed by atoms with van der Waals surface area (Å²) in [5.74, 6) is -0.0795. The van der Waals surface area contributed by atoms with Gasteiger partial charge in [0.15, 0.2) is 0 Å². The molecule has 2 unspecified atom stereocenters. The van der Waals surface area contributed by atoms with Crippen LogP contribution < -0.4 is 5.32 Å². The summed E-state index contributed by atoms with van der Waals surface area (Å²) in [6.45, 7) is 4.89. The first kappa shape index (κ1) is 58.6. The number of esters is 1. The number of hydrogen-bond donors (Lipinski definition) is 3. The quantitative estimate of drug-likeness (QED) is 0.0322. The molecule has 0 heterocycles. The van der Waals surface area contributed by atoms with Gasteiger partial charge < -0.3 is 20.3 Å². The average Bonchev–Trinajstić information content (AvgIpc) is 3.25. The van der Waals surface area contributed by atoms with E-state index in [-0.39, 0.29) is 18.5 Å². The van der Waals surface area contributed by atoms with Gasteiger partial charge in [-0.3, -0.25) is 9.59 Å². The smallest absolute Gasteiger partial charge is 0.305 e. The number of nitrogens with one attached hydrogen (secondary N) is 1. The predicted molar refractivity (Wildman–Crippen MR) is 260 cm³/mol. The molecule has 0 aromatic carbocycles. The number of hydrogen-bond acceptors (Lipinski definition) is 5. The van der Waals surface area contributed by atoms with E-state index in [4.69, 9.17) is 4.74 Å². The molecule has 0 aliphatic rings. The van der Waals surface area contributed by atoms with Crippen LogP contribution in [0.25, 0.3) is 0 Å². The van der Waals surface area contributed by atoms with Gasteiger partial charge in [0.2, 0.25) is 5.91 Å². The second-order valence-corrected chi connectivity index (χ2v) is 18.6. The molecule has 6 heteroatoms. The van der Waals surface area contributed by atoms with E-state index in [1.165, 1.54) is 212 Å². The van der Waals surface area contributed by atoms with Crippen LogP contribution in [0.1, 0.15) is 296 Å². The lowest BCUT2D eigenvalue weighted by molar-refractivity contribution is -0.143. The van der Waals surface area contributed by atoms with Crippen molar-refractivity contribution in [2.24, 2.45) is 0 Å². The first-order valence-corrected chi connectivity index (χ1v) is 27.0. The first-order chi connectivity index (χ1) is 29.5. The lowest BCUT2D eigenvalue weighted by atomic mass is 10.0. The second-order valence-electron chi connectivity index (χ2n) is 18.6. The highest BCUT2D eigenvalue weighted by molar-refractivity contribution is 5.76. The zero-order valence-corrected chi connectivity index (χ0v) is 40.5. The van der Waals surface area contributed by atoms with Gasteiger partial charge in [-0.05, 0) is 32.1 Å². The van der Waals surface area contributed by atoms with Crippen molar-refractivity contribution in [1.82, 2.24) is 5.32 Å². The van der Waals surface area contributed by atoms with Gasteiger partial charge in [0, 0.05) is 12.8 Å². The van der Waals surface area contributed by atoms with E-state index in [0.29, 0.717) is 19.4 Å². The molecule has 0 aliphatic carbocycles. The van der Waals surface area contributed by atoms with Gasteiger partial charge >= 0.3 is 5.97 Å². The normalized spacial score (nSPS) is 12.7. The van der Waals surface area contributed by atoms with Gasteiger partial charge in [0.05, 0.1) is 25.4 Å². The Kier molecular flexibility index (Phi) is 49.1. The van der Waals surface area contributed by atoms with Crippen LogP contribution in [0.2, 0.25) is 0 Å². The van der Waals surface area contributed by atoms with Crippen LogP contribution in [-0.2, 0) is 14.3 Å². The third kappa shape index (κ3) is 46.1. The Morgan fingerprint density at radius 2 is 0.767 bits per heavy atom. The molecule has 0 aliphatic heterocycles. The molecular formula is C54H105NO5. The largest absolute Gasteiger partial charge is 0.466 e. The summed E-state index contributed by atoms with van der Waals surface area (Å²) in [5.41, 5.74) is 0. The second kappa shape index (κ2) is 50.2. The maximum absolute atomic E-state index is 12.4. The van der Waals surface area contributed by atoms with E-state index in [2.05, 4.69) is 19.2 Å².